The van der Waals surface area contributed by atoms with Crippen LogP contribution < -0.4 is 4.90 Å². The highest BCUT2D eigenvalue weighted by Crippen LogP contribution is 2.44. The number of hydrogen-bond donors (Lipinski definition) is 0. The van der Waals surface area contributed by atoms with Crippen molar-refractivity contribution in [2.24, 2.45) is 0 Å². The second-order valence-corrected chi connectivity index (χ2v) is 9.72. The van der Waals surface area contributed by atoms with Gasteiger partial charge in [0.1, 0.15) is 6.04 Å². The molecular formula is C23H30N2O4S. The summed E-state index contributed by atoms with van der Waals surface area (Å²) in [7, 11) is 2.12. The van der Waals surface area contributed by atoms with Gasteiger partial charge >= 0.3 is 5.97 Å². The molecule has 2 amide bonds. The van der Waals surface area contributed by atoms with Gasteiger partial charge in [0.25, 0.3) is 11.1 Å². The molecule has 1 aromatic carbocycles. The highest BCUT2D eigenvalue weighted by atomic mass is 32.2. The Labute approximate surface area is 182 Å². The lowest BCUT2D eigenvalue weighted by Gasteiger charge is -2.45. The lowest BCUT2D eigenvalue weighted by molar-refractivity contribution is -0.150. The number of fused-ring (bicyclic) bond motifs is 1. The number of amides is 2. The number of nitrogens with zero attached hydrogens (tertiary/aromatic N) is 2. The van der Waals surface area contributed by atoms with E-state index >= 15 is 0 Å². The van der Waals surface area contributed by atoms with Gasteiger partial charge in [0.2, 0.25) is 0 Å². The molecule has 0 aromatic heterocycles. The number of aryl methyl sites for hydroxylation is 1. The first kappa shape index (κ1) is 22.4. The molecule has 6 nitrogen and oxygen atoms in total. The molecule has 7 heteroatoms. The highest BCUT2D eigenvalue weighted by Gasteiger charge is 2.41. The van der Waals surface area contributed by atoms with Gasteiger partial charge in [0.15, 0.2) is 0 Å². The van der Waals surface area contributed by atoms with Crippen molar-refractivity contribution in [1.29, 1.82) is 0 Å². The van der Waals surface area contributed by atoms with Crippen LogP contribution in [-0.4, -0.2) is 47.3 Å². The van der Waals surface area contributed by atoms with Crippen LogP contribution in [-0.2, 0) is 14.3 Å². The van der Waals surface area contributed by atoms with Crippen molar-refractivity contribution in [2.75, 3.05) is 18.6 Å². The first-order valence-corrected chi connectivity index (χ1v) is 11.1. The van der Waals surface area contributed by atoms with Crippen LogP contribution in [0.4, 0.5) is 10.5 Å². The largest absolute Gasteiger partial charge is 0.464 e. The number of carbonyl (C=O) groups is 3. The molecule has 0 N–H and O–H groups in total. The summed E-state index contributed by atoms with van der Waals surface area (Å²) >= 11 is 0.868. The van der Waals surface area contributed by atoms with E-state index in [1.165, 1.54) is 18.2 Å². The van der Waals surface area contributed by atoms with Crippen molar-refractivity contribution in [3.8, 4) is 0 Å². The van der Waals surface area contributed by atoms with E-state index in [9.17, 15) is 14.4 Å². The summed E-state index contributed by atoms with van der Waals surface area (Å²) in [4.78, 5) is 41.0. The number of imide groups is 1. The second kappa shape index (κ2) is 8.10. The summed E-state index contributed by atoms with van der Waals surface area (Å²) in [5.41, 5.74) is 4.48. The van der Waals surface area contributed by atoms with Gasteiger partial charge in [-0.15, -0.1) is 0 Å². The zero-order chi connectivity index (χ0) is 22.4. The molecule has 0 bridgehead atoms. The van der Waals surface area contributed by atoms with Gasteiger partial charge in [-0.2, -0.15) is 0 Å². The molecule has 0 spiro atoms. The molecular weight excluding hydrogens is 400 g/mol. The summed E-state index contributed by atoms with van der Waals surface area (Å²) in [6.45, 7) is 12.1. The molecule has 3 rings (SSSR count). The van der Waals surface area contributed by atoms with E-state index in [4.69, 9.17) is 4.74 Å². The first-order chi connectivity index (χ1) is 14.0. The highest BCUT2D eigenvalue weighted by molar-refractivity contribution is 8.18. The number of rotatable bonds is 4. The summed E-state index contributed by atoms with van der Waals surface area (Å²) in [5.74, 6) is -0.641. The lowest BCUT2D eigenvalue weighted by atomic mass is 9.79. The number of hydrogen-bond acceptors (Lipinski definition) is 6. The van der Waals surface area contributed by atoms with E-state index in [-0.39, 0.29) is 12.1 Å². The van der Waals surface area contributed by atoms with Crippen LogP contribution in [0.5, 0.6) is 0 Å². The van der Waals surface area contributed by atoms with Gasteiger partial charge in [-0.3, -0.25) is 14.5 Å². The van der Waals surface area contributed by atoms with Crippen LogP contribution in [0.1, 0.15) is 63.6 Å². The van der Waals surface area contributed by atoms with Crippen molar-refractivity contribution in [3.63, 3.8) is 0 Å². The second-order valence-electron chi connectivity index (χ2n) is 8.72. The fourth-order valence-electron chi connectivity index (χ4n) is 4.21. The van der Waals surface area contributed by atoms with Crippen molar-refractivity contribution in [2.45, 2.75) is 65.5 Å². The summed E-state index contributed by atoms with van der Waals surface area (Å²) in [6, 6.07) is 3.34. The summed E-state index contributed by atoms with van der Waals surface area (Å²) < 4.78 is 4.97. The van der Waals surface area contributed by atoms with E-state index in [2.05, 4.69) is 44.9 Å². The minimum Gasteiger partial charge on any atom is -0.464 e. The van der Waals surface area contributed by atoms with Gasteiger partial charge in [0, 0.05) is 18.3 Å². The predicted octanol–water partition coefficient (Wildman–Crippen LogP) is 4.70. The Morgan fingerprint density at radius 3 is 2.67 bits per heavy atom. The number of ether oxygens (including phenoxy) is 1. The third kappa shape index (κ3) is 3.87. The van der Waals surface area contributed by atoms with Crippen LogP contribution in [0.15, 0.2) is 17.0 Å². The zero-order valence-corrected chi connectivity index (χ0v) is 19.6. The molecule has 0 unspecified atom stereocenters. The fourth-order valence-corrected chi connectivity index (χ4v) is 5.11. The van der Waals surface area contributed by atoms with Crippen molar-refractivity contribution in [3.05, 3.63) is 33.7 Å². The van der Waals surface area contributed by atoms with E-state index in [0.717, 1.165) is 34.2 Å². The number of anilines is 1. The third-order valence-electron chi connectivity index (χ3n) is 6.15. The molecule has 0 radical (unpaired) electrons. The Balaban J connectivity index is 1.95. The topological polar surface area (TPSA) is 66.9 Å². The SMILES string of the molecule is CCOC(=O)[C@H](C)N1C(=O)S/C(=C/c2cc3c(cc2C)N(C)C(C)(C)C[C@H]3C)C1=O. The first-order valence-electron chi connectivity index (χ1n) is 10.3. The molecule has 1 fully saturated rings. The van der Waals surface area contributed by atoms with Crippen LogP contribution in [0, 0.1) is 6.92 Å². The van der Waals surface area contributed by atoms with Gasteiger partial charge in [0.05, 0.1) is 11.5 Å². The van der Waals surface area contributed by atoms with E-state index in [1.807, 2.05) is 6.92 Å². The molecule has 162 valence electrons. The average molecular weight is 431 g/mol. The average Bonchev–Trinajstić information content (AvgIpc) is 2.93. The van der Waals surface area contributed by atoms with Crippen molar-refractivity contribution < 1.29 is 19.1 Å². The van der Waals surface area contributed by atoms with Gasteiger partial charge in [-0.25, -0.2) is 4.79 Å². The maximum atomic E-state index is 12.9. The van der Waals surface area contributed by atoms with Crippen molar-refractivity contribution >= 4 is 40.6 Å². The Morgan fingerprint density at radius 2 is 2.03 bits per heavy atom. The standard InChI is InChI=1S/C23H30N2O4S/c1-8-29-21(27)15(4)25-20(26)19(30-22(25)28)11-16-10-17-14(3)12-23(5,6)24(7)18(17)9-13(16)2/h9-11,14-15H,8,12H2,1-7H3/b19-11+/t14-,15+/m1/s1. The van der Waals surface area contributed by atoms with E-state index in [0.29, 0.717) is 10.8 Å². The molecule has 2 aliphatic heterocycles. The normalized spacial score (nSPS) is 23.0. The minimum absolute atomic E-state index is 0.0757. The Hall–Kier alpha value is -2.28. The number of esters is 1. The molecule has 1 aromatic rings. The maximum absolute atomic E-state index is 12.9. The quantitative estimate of drug-likeness (QED) is 0.509. The third-order valence-corrected chi connectivity index (χ3v) is 7.03. The van der Waals surface area contributed by atoms with E-state index < -0.39 is 23.2 Å². The lowest BCUT2D eigenvalue weighted by Crippen LogP contribution is -2.45. The molecule has 0 saturated carbocycles. The molecule has 2 atom stereocenters. The Bertz CT molecular complexity index is 937. The maximum Gasteiger partial charge on any atom is 0.329 e. The van der Waals surface area contributed by atoms with Crippen molar-refractivity contribution in [1.82, 2.24) is 4.90 Å². The van der Waals surface area contributed by atoms with Gasteiger partial charge < -0.3 is 9.64 Å². The number of carbonyl (C=O) groups excluding carboxylic acids is 3. The zero-order valence-electron chi connectivity index (χ0n) is 18.7. The fraction of sp³-hybridized carbons (Fsp3) is 0.522. The van der Waals surface area contributed by atoms with Crippen LogP contribution in [0.2, 0.25) is 0 Å². The molecule has 30 heavy (non-hydrogen) atoms. The molecule has 2 heterocycles. The van der Waals surface area contributed by atoms with E-state index in [1.54, 1.807) is 13.0 Å². The molecule has 0 aliphatic carbocycles. The Morgan fingerprint density at radius 1 is 1.37 bits per heavy atom. The van der Waals surface area contributed by atoms with Crippen LogP contribution in [0.25, 0.3) is 6.08 Å². The van der Waals surface area contributed by atoms with Gasteiger partial charge in [-0.05, 0) is 93.6 Å². The monoisotopic (exact) mass is 430 g/mol. The smallest absolute Gasteiger partial charge is 0.329 e. The summed E-state index contributed by atoms with van der Waals surface area (Å²) in [6.07, 6.45) is 2.80. The predicted molar refractivity (Wildman–Crippen MR) is 121 cm³/mol. The molecule has 2 aliphatic rings. The Kier molecular flexibility index (Phi) is 6.05. The van der Waals surface area contributed by atoms with Crippen LogP contribution >= 0.6 is 11.8 Å². The minimum atomic E-state index is -0.941. The van der Waals surface area contributed by atoms with Gasteiger partial charge in [-0.1, -0.05) is 6.92 Å². The summed E-state index contributed by atoms with van der Waals surface area (Å²) in [5, 5.41) is -0.447. The van der Waals surface area contributed by atoms with Crippen LogP contribution in [0.3, 0.4) is 0 Å². The molecule has 1 saturated heterocycles. The number of benzene rings is 1. The number of thioether (sulfide) groups is 1.